The Morgan fingerprint density at radius 2 is 2.27 bits per heavy atom. The van der Waals surface area contributed by atoms with Crippen LogP contribution in [-0.2, 0) is 17.7 Å². The molecule has 0 saturated heterocycles. The van der Waals surface area contributed by atoms with E-state index < -0.39 is 12.1 Å². The van der Waals surface area contributed by atoms with Crippen LogP contribution in [-0.4, -0.2) is 33.5 Å². The van der Waals surface area contributed by atoms with Crippen molar-refractivity contribution in [2.75, 3.05) is 11.9 Å². The molecule has 0 unspecified atom stereocenters. The standard InChI is InChI=1S/C13H17N5O3S/c1-3-21-13(20)17-12(19)16-10-6-15-18(7-10)5-4-11-9(2)14-8-22-11/h6-8H,3-5H2,1-2H3,(H2,16,17,19,20). The molecule has 0 aromatic carbocycles. The third-order valence-corrected chi connectivity index (χ3v) is 3.79. The minimum absolute atomic E-state index is 0.202. The second-order valence-electron chi connectivity index (χ2n) is 4.40. The van der Waals surface area contributed by atoms with Gasteiger partial charge in [-0.25, -0.2) is 19.9 Å². The SMILES string of the molecule is CCOC(=O)NC(=O)Nc1cnn(CCc2scnc2C)c1. The number of anilines is 1. The van der Waals surface area contributed by atoms with Crippen molar-refractivity contribution in [3.63, 3.8) is 0 Å². The highest BCUT2D eigenvalue weighted by molar-refractivity contribution is 7.09. The van der Waals surface area contributed by atoms with Crippen molar-refractivity contribution in [1.29, 1.82) is 0 Å². The molecule has 2 aromatic rings. The predicted octanol–water partition coefficient (Wildman–Crippen LogP) is 2.17. The van der Waals surface area contributed by atoms with Crippen LogP contribution in [0, 0.1) is 6.92 Å². The Balaban J connectivity index is 1.82. The number of carbonyl (C=O) groups is 2. The smallest absolute Gasteiger partial charge is 0.415 e. The first-order chi connectivity index (χ1) is 10.6. The maximum atomic E-state index is 11.5. The fraction of sp³-hybridized carbons (Fsp3) is 0.385. The van der Waals surface area contributed by atoms with Gasteiger partial charge in [0.2, 0.25) is 0 Å². The van der Waals surface area contributed by atoms with E-state index in [4.69, 9.17) is 0 Å². The number of hydrogen-bond donors (Lipinski definition) is 2. The normalized spacial score (nSPS) is 10.3. The molecule has 2 rings (SSSR count). The maximum absolute atomic E-state index is 11.5. The number of carbonyl (C=O) groups excluding carboxylic acids is 2. The Labute approximate surface area is 131 Å². The van der Waals surface area contributed by atoms with Crippen molar-refractivity contribution < 1.29 is 14.3 Å². The Morgan fingerprint density at radius 3 is 2.95 bits per heavy atom. The summed E-state index contributed by atoms with van der Waals surface area (Å²) in [4.78, 5) is 28.0. The number of aromatic nitrogens is 3. The summed E-state index contributed by atoms with van der Waals surface area (Å²) < 4.78 is 6.33. The van der Waals surface area contributed by atoms with E-state index in [1.165, 1.54) is 11.1 Å². The Hall–Kier alpha value is -2.42. The molecule has 0 radical (unpaired) electrons. The average Bonchev–Trinajstić information content (AvgIpc) is 3.05. The van der Waals surface area contributed by atoms with Crippen LogP contribution in [0.3, 0.4) is 0 Å². The lowest BCUT2D eigenvalue weighted by molar-refractivity contribution is 0.154. The van der Waals surface area contributed by atoms with Crippen molar-refractivity contribution in [3.8, 4) is 0 Å². The molecule has 0 bridgehead atoms. The fourth-order valence-electron chi connectivity index (χ4n) is 1.75. The van der Waals surface area contributed by atoms with Crippen LogP contribution in [0.1, 0.15) is 17.5 Å². The first-order valence-corrected chi connectivity index (χ1v) is 7.62. The number of imide groups is 1. The lowest BCUT2D eigenvalue weighted by Gasteiger charge is -2.04. The van der Waals surface area contributed by atoms with Gasteiger partial charge in [0.25, 0.3) is 0 Å². The molecule has 0 spiro atoms. The van der Waals surface area contributed by atoms with E-state index in [1.807, 2.05) is 17.8 Å². The molecule has 0 aliphatic heterocycles. The van der Waals surface area contributed by atoms with Gasteiger partial charge in [0.05, 0.1) is 29.7 Å². The number of aryl methyl sites for hydroxylation is 3. The largest absolute Gasteiger partial charge is 0.450 e. The van der Waals surface area contributed by atoms with Gasteiger partial charge in [-0.1, -0.05) is 0 Å². The lowest BCUT2D eigenvalue weighted by Crippen LogP contribution is -2.34. The van der Waals surface area contributed by atoms with E-state index in [1.54, 1.807) is 29.1 Å². The minimum Gasteiger partial charge on any atom is -0.450 e. The van der Waals surface area contributed by atoms with Gasteiger partial charge in [-0.15, -0.1) is 11.3 Å². The molecule has 22 heavy (non-hydrogen) atoms. The highest BCUT2D eigenvalue weighted by Gasteiger charge is 2.09. The molecule has 0 saturated carbocycles. The van der Waals surface area contributed by atoms with E-state index in [0.29, 0.717) is 12.2 Å². The second-order valence-corrected chi connectivity index (χ2v) is 5.34. The summed E-state index contributed by atoms with van der Waals surface area (Å²) in [5.41, 5.74) is 3.35. The molecule has 2 aromatic heterocycles. The van der Waals surface area contributed by atoms with Crippen LogP contribution in [0.25, 0.3) is 0 Å². The lowest BCUT2D eigenvalue weighted by atomic mass is 10.3. The molecule has 2 heterocycles. The molecule has 3 amide bonds. The zero-order chi connectivity index (χ0) is 15.9. The van der Waals surface area contributed by atoms with Crippen LogP contribution in [0.15, 0.2) is 17.9 Å². The molecule has 0 aliphatic rings. The number of nitrogens with zero attached hydrogens (tertiary/aromatic N) is 3. The van der Waals surface area contributed by atoms with Gasteiger partial charge in [0.15, 0.2) is 0 Å². The minimum atomic E-state index is -0.784. The Morgan fingerprint density at radius 1 is 1.45 bits per heavy atom. The van der Waals surface area contributed by atoms with Crippen molar-refractivity contribution in [1.82, 2.24) is 20.1 Å². The number of amides is 3. The number of hydrogen-bond acceptors (Lipinski definition) is 6. The van der Waals surface area contributed by atoms with Gasteiger partial charge in [-0.3, -0.25) is 4.68 Å². The molecule has 0 fully saturated rings. The van der Waals surface area contributed by atoms with Gasteiger partial charge in [-0.2, -0.15) is 5.10 Å². The number of thiazole rings is 1. The molecule has 118 valence electrons. The van der Waals surface area contributed by atoms with Gasteiger partial charge < -0.3 is 10.1 Å². The molecule has 2 N–H and O–H groups in total. The summed E-state index contributed by atoms with van der Waals surface area (Å²) in [6.45, 7) is 4.52. The number of nitrogens with one attached hydrogen (secondary N) is 2. The average molecular weight is 323 g/mol. The van der Waals surface area contributed by atoms with Crippen LogP contribution >= 0.6 is 11.3 Å². The van der Waals surface area contributed by atoms with Crippen molar-refractivity contribution in [2.24, 2.45) is 0 Å². The zero-order valence-electron chi connectivity index (χ0n) is 12.3. The Bertz CT molecular complexity index is 652. The second kappa shape index (κ2) is 7.55. The number of rotatable bonds is 5. The van der Waals surface area contributed by atoms with Crippen LogP contribution < -0.4 is 10.6 Å². The van der Waals surface area contributed by atoms with Crippen molar-refractivity contribution >= 4 is 29.1 Å². The Kier molecular flexibility index (Phi) is 5.48. The zero-order valence-corrected chi connectivity index (χ0v) is 13.1. The summed E-state index contributed by atoms with van der Waals surface area (Å²) in [6.07, 6.45) is 3.26. The number of urea groups is 1. The van der Waals surface area contributed by atoms with E-state index in [9.17, 15) is 9.59 Å². The van der Waals surface area contributed by atoms with Crippen LogP contribution in [0.5, 0.6) is 0 Å². The molecule has 8 nitrogen and oxygen atoms in total. The van der Waals surface area contributed by atoms with E-state index in [-0.39, 0.29) is 6.61 Å². The third kappa shape index (κ3) is 4.55. The van der Waals surface area contributed by atoms with Gasteiger partial charge in [-0.05, 0) is 13.8 Å². The summed E-state index contributed by atoms with van der Waals surface area (Å²) in [7, 11) is 0. The summed E-state index contributed by atoms with van der Waals surface area (Å²) in [5.74, 6) is 0. The molecule has 9 heteroatoms. The first-order valence-electron chi connectivity index (χ1n) is 6.74. The summed E-state index contributed by atoms with van der Waals surface area (Å²) >= 11 is 1.61. The molecular weight excluding hydrogens is 306 g/mol. The van der Waals surface area contributed by atoms with Crippen LogP contribution in [0.2, 0.25) is 0 Å². The highest BCUT2D eigenvalue weighted by atomic mass is 32.1. The first kappa shape index (κ1) is 16.0. The van der Waals surface area contributed by atoms with Gasteiger partial charge in [0.1, 0.15) is 0 Å². The third-order valence-electron chi connectivity index (χ3n) is 2.79. The van der Waals surface area contributed by atoms with Crippen molar-refractivity contribution in [3.05, 3.63) is 28.5 Å². The van der Waals surface area contributed by atoms with E-state index in [2.05, 4.69) is 20.1 Å². The maximum Gasteiger partial charge on any atom is 0.415 e. The van der Waals surface area contributed by atoms with Crippen LogP contribution in [0.4, 0.5) is 15.3 Å². The molecule has 0 aliphatic carbocycles. The predicted molar refractivity (Wildman–Crippen MR) is 82.0 cm³/mol. The fourth-order valence-corrected chi connectivity index (χ4v) is 2.53. The molecule has 0 atom stereocenters. The van der Waals surface area contributed by atoms with E-state index >= 15 is 0 Å². The summed E-state index contributed by atoms with van der Waals surface area (Å²) in [5, 5.41) is 8.71. The molecular formula is C13H17N5O3S. The quantitative estimate of drug-likeness (QED) is 0.878. The summed E-state index contributed by atoms with van der Waals surface area (Å²) in [6, 6.07) is -0.656. The monoisotopic (exact) mass is 323 g/mol. The van der Waals surface area contributed by atoms with Gasteiger partial charge >= 0.3 is 12.1 Å². The van der Waals surface area contributed by atoms with Gasteiger partial charge in [0, 0.05) is 24.0 Å². The van der Waals surface area contributed by atoms with Crippen molar-refractivity contribution in [2.45, 2.75) is 26.8 Å². The highest BCUT2D eigenvalue weighted by Crippen LogP contribution is 2.14. The number of alkyl carbamates (subject to hydrolysis) is 1. The van der Waals surface area contributed by atoms with E-state index in [0.717, 1.165) is 12.1 Å². The number of ether oxygens (including phenoxy) is 1. The topological polar surface area (TPSA) is 98.1 Å².